The van der Waals surface area contributed by atoms with Crippen LogP contribution in [0.2, 0.25) is 5.02 Å². The fourth-order valence-electron chi connectivity index (χ4n) is 3.33. The van der Waals surface area contributed by atoms with Crippen LogP contribution < -0.4 is 10.3 Å². The van der Waals surface area contributed by atoms with Gasteiger partial charge in [0.25, 0.3) is 12.0 Å². The van der Waals surface area contributed by atoms with Crippen molar-refractivity contribution in [1.29, 1.82) is 0 Å². The average Bonchev–Trinajstić information content (AvgIpc) is 3.14. The number of halogens is 3. The lowest BCUT2D eigenvalue weighted by Gasteiger charge is -2.13. The second-order valence-corrected chi connectivity index (χ2v) is 7.53. The molecule has 0 aliphatic heterocycles. The molecule has 166 valence electrons. The van der Waals surface area contributed by atoms with Crippen LogP contribution in [0.3, 0.4) is 0 Å². The van der Waals surface area contributed by atoms with Crippen LogP contribution >= 0.6 is 11.6 Å². The maximum absolute atomic E-state index is 12.7. The Morgan fingerprint density at radius 2 is 1.94 bits per heavy atom. The molecule has 0 saturated heterocycles. The van der Waals surface area contributed by atoms with Gasteiger partial charge in [-0.3, -0.25) is 9.48 Å². The number of aliphatic carboxylic acids is 1. The molecule has 0 aliphatic carbocycles. The van der Waals surface area contributed by atoms with Crippen LogP contribution in [0.4, 0.5) is 8.78 Å². The average molecular weight is 463 g/mol. The summed E-state index contributed by atoms with van der Waals surface area (Å²) < 4.78 is 32.4. The Morgan fingerprint density at radius 1 is 1.22 bits per heavy atom. The second-order valence-electron chi connectivity index (χ2n) is 7.13. The molecule has 4 aromatic rings. The molecule has 0 radical (unpaired) electrons. The van der Waals surface area contributed by atoms with Crippen LogP contribution in [0.25, 0.3) is 21.7 Å². The Hall–Kier alpha value is -3.53. The zero-order chi connectivity index (χ0) is 23.0. The van der Waals surface area contributed by atoms with Crippen molar-refractivity contribution in [3.63, 3.8) is 0 Å². The van der Waals surface area contributed by atoms with Crippen molar-refractivity contribution in [2.45, 2.75) is 25.9 Å². The van der Waals surface area contributed by atoms with Gasteiger partial charge in [0.1, 0.15) is 12.4 Å². The molecular weight excluding hydrogens is 446 g/mol. The van der Waals surface area contributed by atoms with Gasteiger partial charge in [0.15, 0.2) is 6.04 Å². The van der Waals surface area contributed by atoms with Crippen LogP contribution in [-0.2, 0) is 11.3 Å². The molecule has 32 heavy (non-hydrogen) atoms. The number of ether oxygens (including phenoxy) is 1. The summed E-state index contributed by atoms with van der Waals surface area (Å²) in [6.07, 6.45) is -0.972. The maximum atomic E-state index is 12.7. The molecule has 0 fully saturated rings. The molecule has 0 aliphatic rings. The Kier molecular flexibility index (Phi) is 5.79. The standard InChI is InChI=1S/C21H17ClF2N4O4/c1-11(21(30)31)28-20(29)14-5-3-2-4-13(14)17(26-28)9-27-8-12-6-18(32-10-19(23)24)15(22)7-16(12)25-27/h2-8,11,19H,9-10H2,1H3,(H,30,31). The van der Waals surface area contributed by atoms with Crippen molar-refractivity contribution < 1.29 is 23.4 Å². The summed E-state index contributed by atoms with van der Waals surface area (Å²) in [4.78, 5) is 24.2. The molecule has 0 saturated carbocycles. The number of hydrogen-bond acceptors (Lipinski definition) is 5. The zero-order valence-electron chi connectivity index (χ0n) is 16.7. The maximum Gasteiger partial charge on any atom is 0.328 e. The molecular formula is C21H17ClF2N4O4. The number of rotatable bonds is 7. The van der Waals surface area contributed by atoms with E-state index in [1.165, 1.54) is 19.1 Å². The number of nitrogens with zero attached hydrogens (tertiary/aromatic N) is 4. The lowest BCUT2D eigenvalue weighted by Crippen LogP contribution is -2.31. The van der Waals surface area contributed by atoms with E-state index in [0.29, 0.717) is 27.4 Å². The van der Waals surface area contributed by atoms with E-state index >= 15 is 0 Å². The summed E-state index contributed by atoms with van der Waals surface area (Å²) in [5.41, 5.74) is 0.454. The minimum Gasteiger partial charge on any atom is -0.486 e. The largest absolute Gasteiger partial charge is 0.486 e. The van der Waals surface area contributed by atoms with Gasteiger partial charge in [-0.25, -0.2) is 18.3 Å². The summed E-state index contributed by atoms with van der Waals surface area (Å²) in [6, 6.07) is 8.65. The summed E-state index contributed by atoms with van der Waals surface area (Å²) in [5, 5.41) is 19.7. The van der Waals surface area contributed by atoms with E-state index in [2.05, 4.69) is 10.2 Å². The van der Waals surface area contributed by atoms with E-state index in [9.17, 15) is 23.5 Å². The molecule has 2 aromatic heterocycles. The van der Waals surface area contributed by atoms with Crippen molar-refractivity contribution in [2.75, 3.05) is 6.61 Å². The molecule has 0 spiro atoms. The van der Waals surface area contributed by atoms with Crippen LogP contribution in [0.5, 0.6) is 5.75 Å². The van der Waals surface area contributed by atoms with Gasteiger partial charge in [0.2, 0.25) is 0 Å². The first-order valence-corrected chi connectivity index (χ1v) is 9.93. The van der Waals surface area contributed by atoms with Crippen LogP contribution in [0.15, 0.2) is 47.4 Å². The fraction of sp³-hybridized carbons (Fsp3) is 0.238. The monoisotopic (exact) mass is 462 g/mol. The topological polar surface area (TPSA) is 99.2 Å². The number of hydrogen-bond donors (Lipinski definition) is 1. The van der Waals surface area contributed by atoms with Gasteiger partial charge in [0, 0.05) is 17.0 Å². The smallest absolute Gasteiger partial charge is 0.328 e. The van der Waals surface area contributed by atoms with E-state index < -0.39 is 30.6 Å². The molecule has 1 atom stereocenters. The predicted octanol–water partition coefficient (Wildman–Crippen LogP) is 3.74. The zero-order valence-corrected chi connectivity index (χ0v) is 17.5. The SMILES string of the molecule is CC(C(=O)O)n1nc(Cn2cc3cc(OCC(F)F)c(Cl)cc3n2)c2ccccc2c1=O. The molecule has 0 bridgehead atoms. The summed E-state index contributed by atoms with van der Waals surface area (Å²) in [6.45, 7) is 0.728. The highest BCUT2D eigenvalue weighted by Crippen LogP contribution is 2.30. The van der Waals surface area contributed by atoms with E-state index in [0.717, 1.165) is 4.68 Å². The summed E-state index contributed by atoms with van der Waals surface area (Å²) in [7, 11) is 0. The molecule has 11 heteroatoms. The van der Waals surface area contributed by atoms with Gasteiger partial charge in [-0.05, 0) is 25.1 Å². The Labute approximate surface area is 184 Å². The number of carbonyl (C=O) groups is 1. The van der Waals surface area contributed by atoms with Crippen LogP contribution in [0, 0.1) is 0 Å². The van der Waals surface area contributed by atoms with Crippen LogP contribution in [-0.4, -0.2) is 43.7 Å². The molecule has 4 rings (SSSR count). The minimum absolute atomic E-state index is 0.117. The van der Waals surface area contributed by atoms with Gasteiger partial charge in [0.05, 0.1) is 28.2 Å². The van der Waals surface area contributed by atoms with Gasteiger partial charge in [-0.2, -0.15) is 10.2 Å². The highest BCUT2D eigenvalue weighted by atomic mass is 35.5. The van der Waals surface area contributed by atoms with Crippen molar-refractivity contribution in [1.82, 2.24) is 19.6 Å². The van der Waals surface area contributed by atoms with Gasteiger partial charge in [-0.15, -0.1) is 0 Å². The number of fused-ring (bicyclic) bond motifs is 2. The van der Waals surface area contributed by atoms with Crippen molar-refractivity contribution >= 4 is 39.2 Å². The number of benzene rings is 2. The first-order chi connectivity index (χ1) is 15.2. The molecule has 2 aromatic carbocycles. The molecule has 1 N–H and O–H groups in total. The third-order valence-electron chi connectivity index (χ3n) is 4.91. The lowest BCUT2D eigenvalue weighted by atomic mass is 10.1. The van der Waals surface area contributed by atoms with Gasteiger partial charge in [-0.1, -0.05) is 29.8 Å². The fourth-order valence-corrected chi connectivity index (χ4v) is 3.54. The highest BCUT2D eigenvalue weighted by molar-refractivity contribution is 6.32. The Balaban J connectivity index is 1.76. The Bertz CT molecular complexity index is 1390. The lowest BCUT2D eigenvalue weighted by molar-refractivity contribution is -0.140. The van der Waals surface area contributed by atoms with E-state index in [4.69, 9.17) is 16.3 Å². The number of aromatic nitrogens is 4. The molecule has 8 nitrogen and oxygen atoms in total. The Morgan fingerprint density at radius 3 is 2.62 bits per heavy atom. The first-order valence-electron chi connectivity index (χ1n) is 9.55. The van der Waals surface area contributed by atoms with Crippen LogP contribution in [0.1, 0.15) is 18.7 Å². The first kappa shape index (κ1) is 21.7. The number of carboxylic acids is 1. The van der Waals surface area contributed by atoms with Gasteiger partial charge >= 0.3 is 5.97 Å². The number of alkyl halides is 2. The van der Waals surface area contributed by atoms with E-state index in [1.807, 2.05) is 0 Å². The third-order valence-corrected chi connectivity index (χ3v) is 5.21. The molecule has 1 unspecified atom stereocenters. The molecule has 2 heterocycles. The molecule has 0 amide bonds. The number of carboxylic acid groups (broad SMARTS) is 1. The normalized spacial score (nSPS) is 12.5. The predicted molar refractivity (Wildman–Crippen MR) is 114 cm³/mol. The van der Waals surface area contributed by atoms with E-state index in [-0.39, 0.29) is 17.3 Å². The highest BCUT2D eigenvalue weighted by Gasteiger charge is 2.20. The summed E-state index contributed by atoms with van der Waals surface area (Å²) >= 11 is 6.11. The van der Waals surface area contributed by atoms with Crippen molar-refractivity contribution in [2.24, 2.45) is 0 Å². The third kappa shape index (κ3) is 4.13. The van der Waals surface area contributed by atoms with Crippen molar-refractivity contribution in [3.05, 3.63) is 63.7 Å². The quantitative estimate of drug-likeness (QED) is 0.449. The van der Waals surface area contributed by atoms with Gasteiger partial charge < -0.3 is 9.84 Å². The second kappa shape index (κ2) is 8.54. The van der Waals surface area contributed by atoms with Crippen molar-refractivity contribution in [3.8, 4) is 5.75 Å². The minimum atomic E-state index is -2.63. The summed E-state index contributed by atoms with van der Waals surface area (Å²) in [5.74, 6) is -1.07. The van der Waals surface area contributed by atoms with E-state index in [1.54, 1.807) is 35.1 Å².